The third kappa shape index (κ3) is 4.67. The van der Waals surface area contributed by atoms with Gasteiger partial charge in [-0.25, -0.2) is 0 Å². The van der Waals surface area contributed by atoms with Gasteiger partial charge in [-0.05, 0) is 5.56 Å². The normalized spacial score (nSPS) is 10.3. The number of carbonyl (C=O) groups excluding carboxylic acids is 2. The van der Waals surface area contributed by atoms with Crippen LogP contribution >= 0.6 is 0 Å². The maximum atomic E-state index is 13.2. The highest BCUT2D eigenvalue weighted by molar-refractivity contribution is 6.16. The largest absolute Gasteiger partial charge is 0.504 e. The van der Waals surface area contributed by atoms with Gasteiger partial charge >= 0.3 is 0 Å². The van der Waals surface area contributed by atoms with Crippen LogP contribution < -0.4 is 18.9 Å². The molecule has 0 aliphatic carbocycles. The number of hydrogen-bond acceptors (Lipinski definition) is 7. The third-order valence-electron chi connectivity index (χ3n) is 4.83. The van der Waals surface area contributed by atoms with Crippen molar-refractivity contribution in [3.8, 4) is 28.7 Å². The molecule has 7 heteroatoms. The standard InChI is InChI=1S/C25H24O7/c1-29-23-21(28)20(19(27)14-18(26)17-12-8-5-9-13-17)22(24(30-2)25(23)31-3)32-15-16-10-6-4-7-11-16/h4-13,28H,14-15H2,1-3H3. The number of Topliss-reactive ketones (excluding diaryl/α,β-unsaturated/α-hetero) is 2. The van der Waals surface area contributed by atoms with Crippen molar-refractivity contribution in [2.24, 2.45) is 0 Å². The molecule has 0 saturated heterocycles. The Morgan fingerprint density at radius 1 is 0.719 bits per heavy atom. The van der Waals surface area contributed by atoms with Crippen molar-refractivity contribution in [1.29, 1.82) is 0 Å². The topological polar surface area (TPSA) is 91.3 Å². The SMILES string of the molecule is COc1c(O)c(C(=O)CC(=O)c2ccccc2)c(OCc2ccccc2)c(OC)c1OC. The van der Waals surface area contributed by atoms with Gasteiger partial charge in [0.25, 0.3) is 0 Å². The molecule has 0 unspecified atom stereocenters. The highest BCUT2D eigenvalue weighted by Crippen LogP contribution is 2.53. The molecule has 0 aliphatic heterocycles. The summed E-state index contributed by atoms with van der Waals surface area (Å²) < 4.78 is 22.0. The fraction of sp³-hybridized carbons (Fsp3) is 0.200. The van der Waals surface area contributed by atoms with Gasteiger partial charge in [0.15, 0.2) is 23.1 Å². The predicted octanol–water partition coefficient (Wildman–Crippen LogP) is 4.45. The smallest absolute Gasteiger partial charge is 0.211 e. The number of hydrogen-bond donors (Lipinski definition) is 1. The van der Waals surface area contributed by atoms with E-state index >= 15 is 0 Å². The number of benzene rings is 3. The number of methoxy groups -OCH3 is 3. The molecule has 0 bridgehead atoms. The Morgan fingerprint density at radius 3 is 1.81 bits per heavy atom. The van der Waals surface area contributed by atoms with Crippen LogP contribution in [0.15, 0.2) is 60.7 Å². The molecule has 0 heterocycles. The van der Waals surface area contributed by atoms with Crippen LogP contribution in [0.5, 0.6) is 28.7 Å². The van der Waals surface area contributed by atoms with Crippen LogP contribution in [0.3, 0.4) is 0 Å². The van der Waals surface area contributed by atoms with Gasteiger partial charge in [0.1, 0.15) is 12.2 Å². The van der Waals surface area contributed by atoms with Crippen molar-refractivity contribution in [3.63, 3.8) is 0 Å². The van der Waals surface area contributed by atoms with Gasteiger partial charge in [-0.2, -0.15) is 0 Å². The Bertz CT molecular complexity index is 1090. The molecule has 0 aliphatic rings. The minimum Gasteiger partial charge on any atom is -0.504 e. The van der Waals surface area contributed by atoms with Crippen molar-refractivity contribution in [2.45, 2.75) is 13.0 Å². The number of phenolic OH excluding ortho intramolecular Hbond substituents is 1. The predicted molar refractivity (Wildman–Crippen MR) is 118 cm³/mol. The van der Waals surface area contributed by atoms with Gasteiger partial charge in [-0.15, -0.1) is 0 Å². The Kier molecular flexibility index (Phi) is 7.33. The fourth-order valence-corrected chi connectivity index (χ4v) is 3.29. The molecular weight excluding hydrogens is 412 g/mol. The Labute approximate surface area is 186 Å². The average molecular weight is 436 g/mol. The molecule has 0 saturated carbocycles. The van der Waals surface area contributed by atoms with Crippen molar-refractivity contribution in [3.05, 3.63) is 77.4 Å². The molecule has 32 heavy (non-hydrogen) atoms. The zero-order valence-electron chi connectivity index (χ0n) is 18.1. The lowest BCUT2D eigenvalue weighted by Gasteiger charge is -2.21. The molecule has 3 aromatic carbocycles. The summed E-state index contributed by atoms with van der Waals surface area (Å²) in [6, 6.07) is 17.7. The van der Waals surface area contributed by atoms with Gasteiger partial charge in [-0.1, -0.05) is 60.7 Å². The molecule has 0 atom stereocenters. The molecule has 3 rings (SSSR count). The van der Waals surface area contributed by atoms with Crippen molar-refractivity contribution < 1.29 is 33.6 Å². The van der Waals surface area contributed by atoms with Crippen molar-refractivity contribution in [1.82, 2.24) is 0 Å². The molecule has 7 nitrogen and oxygen atoms in total. The summed E-state index contributed by atoms with van der Waals surface area (Å²) in [6.07, 6.45) is -0.474. The molecule has 166 valence electrons. The second kappa shape index (κ2) is 10.3. The number of ketones is 2. The van der Waals surface area contributed by atoms with E-state index in [9.17, 15) is 14.7 Å². The van der Waals surface area contributed by atoms with Crippen LogP contribution in [-0.2, 0) is 6.61 Å². The van der Waals surface area contributed by atoms with E-state index in [2.05, 4.69) is 0 Å². The lowest BCUT2D eigenvalue weighted by Crippen LogP contribution is -2.13. The maximum Gasteiger partial charge on any atom is 0.211 e. The first-order chi connectivity index (χ1) is 15.5. The van der Waals surface area contributed by atoms with Gasteiger partial charge in [-0.3, -0.25) is 9.59 Å². The summed E-state index contributed by atoms with van der Waals surface area (Å²) in [7, 11) is 4.08. The number of rotatable bonds is 10. The summed E-state index contributed by atoms with van der Waals surface area (Å²) in [5.41, 5.74) is 1.02. The van der Waals surface area contributed by atoms with E-state index in [0.29, 0.717) is 5.56 Å². The van der Waals surface area contributed by atoms with Crippen LogP contribution in [0.2, 0.25) is 0 Å². The van der Waals surface area contributed by atoms with Crippen LogP contribution in [0.4, 0.5) is 0 Å². The van der Waals surface area contributed by atoms with Crippen LogP contribution in [0.25, 0.3) is 0 Å². The summed E-state index contributed by atoms with van der Waals surface area (Å²) in [6.45, 7) is 0.0963. The lowest BCUT2D eigenvalue weighted by atomic mass is 9.99. The summed E-state index contributed by atoms with van der Waals surface area (Å²) in [5, 5.41) is 10.9. The quantitative estimate of drug-likeness (QED) is 0.371. The van der Waals surface area contributed by atoms with E-state index in [0.717, 1.165) is 5.56 Å². The van der Waals surface area contributed by atoms with Gasteiger partial charge in [0, 0.05) is 5.56 Å². The highest BCUT2D eigenvalue weighted by atomic mass is 16.5. The summed E-state index contributed by atoms with van der Waals surface area (Å²) in [4.78, 5) is 25.8. The lowest BCUT2D eigenvalue weighted by molar-refractivity contribution is 0.0889. The average Bonchev–Trinajstić information content (AvgIpc) is 2.83. The first-order valence-electron chi connectivity index (χ1n) is 9.84. The molecule has 3 aromatic rings. The maximum absolute atomic E-state index is 13.2. The van der Waals surface area contributed by atoms with Crippen LogP contribution in [0, 0.1) is 0 Å². The van der Waals surface area contributed by atoms with E-state index < -0.39 is 23.7 Å². The molecule has 0 aromatic heterocycles. The van der Waals surface area contributed by atoms with Crippen LogP contribution in [-0.4, -0.2) is 38.0 Å². The van der Waals surface area contributed by atoms with Gasteiger partial charge in [0.05, 0.1) is 27.8 Å². The van der Waals surface area contributed by atoms with Gasteiger partial charge < -0.3 is 24.1 Å². The van der Waals surface area contributed by atoms with E-state index in [1.54, 1.807) is 30.3 Å². The molecule has 0 fully saturated rings. The number of carbonyl (C=O) groups is 2. The van der Waals surface area contributed by atoms with E-state index in [1.807, 2.05) is 30.3 Å². The molecule has 0 radical (unpaired) electrons. The van der Waals surface area contributed by atoms with E-state index in [-0.39, 0.29) is 35.2 Å². The van der Waals surface area contributed by atoms with Crippen molar-refractivity contribution >= 4 is 11.6 Å². The number of ether oxygens (including phenoxy) is 4. The molecule has 1 N–H and O–H groups in total. The number of aromatic hydroxyl groups is 1. The third-order valence-corrected chi connectivity index (χ3v) is 4.83. The number of phenols is 1. The second-order valence-electron chi connectivity index (χ2n) is 6.82. The summed E-state index contributed by atoms with van der Waals surface area (Å²) in [5.74, 6) is -1.49. The Hall–Kier alpha value is -4.00. The molecule has 0 amide bonds. The second-order valence-corrected chi connectivity index (χ2v) is 6.82. The molecule has 0 spiro atoms. The monoisotopic (exact) mass is 436 g/mol. The fourth-order valence-electron chi connectivity index (χ4n) is 3.29. The highest BCUT2D eigenvalue weighted by Gasteiger charge is 2.32. The van der Waals surface area contributed by atoms with Crippen molar-refractivity contribution in [2.75, 3.05) is 21.3 Å². The zero-order chi connectivity index (χ0) is 23.1. The minimum atomic E-state index is -0.640. The Balaban J connectivity index is 2.07. The Morgan fingerprint density at radius 2 is 1.25 bits per heavy atom. The van der Waals surface area contributed by atoms with Crippen LogP contribution in [0.1, 0.15) is 32.7 Å². The molecular formula is C25H24O7. The minimum absolute atomic E-state index is 0.0302. The van der Waals surface area contributed by atoms with Gasteiger partial charge in [0.2, 0.25) is 17.2 Å². The first-order valence-corrected chi connectivity index (χ1v) is 9.84. The van der Waals surface area contributed by atoms with E-state index in [1.165, 1.54) is 21.3 Å². The summed E-state index contributed by atoms with van der Waals surface area (Å²) >= 11 is 0. The zero-order valence-corrected chi connectivity index (χ0v) is 18.1. The first kappa shape index (κ1) is 22.7. The van der Waals surface area contributed by atoms with E-state index in [4.69, 9.17) is 18.9 Å².